The molecule has 0 atom stereocenters. The Hall–Kier alpha value is -0.610. The van der Waals surface area contributed by atoms with E-state index in [0.717, 1.165) is 26.2 Å². The summed E-state index contributed by atoms with van der Waals surface area (Å²) >= 11 is 0. The summed E-state index contributed by atoms with van der Waals surface area (Å²) in [6.45, 7) is 5.43. The monoisotopic (exact) mass is 215 g/mol. The molecule has 0 aliphatic rings. The molecule has 0 N–H and O–H groups in total. The first-order chi connectivity index (χ1) is 6.97. The molecule has 0 aromatic rings. The number of hydrogen-bond donors (Lipinski definition) is 0. The van der Waals surface area contributed by atoms with Gasteiger partial charge in [-0.05, 0) is 35.1 Å². The summed E-state index contributed by atoms with van der Waals surface area (Å²) in [6, 6.07) is 0. The van der Waals surface area contributed by atoms with Crippen molar-refractivity contribution in [1.29, 1.82) is 0 Å². The Balaban J connectivity index is 3.88. The van der Waals surface area contributed by atoms with Gasteiger partial charge in [-0.25, -0.2) is 0 Å². The van der Waals surface area contributed by atoms with E-state index in [1.165, 1.54) is 0 Å². The molecular formula is C11H25N3O. The lowest BCUT2D eigenvalue weighted by Crippen LogP contribution is -2.37. The van der Waals surface area contributed by atoms with E-state index in [1.807, 2.05) is 44.9 Å². The van der Waals surface area contributed by atoms with Crippen molar-refractivity contribution in [3.05, 3.63) is 0 Å². The van der Waals surface area contributed by atoms with Crippen molar-refractivity contribution < 1.29 is 4.79 Å². The van der Waals surface area contributed by atoms with Crippen molar-refractivity contribution in [2.45, 2.75) is 13.3 Å². The number of likely N-dealkylation sites (N-methyl/N-ethyl adjacent to an activating group) is 2. The Labute approximate surface area is 93.8 Å². The summed E-state index contributed by atoms with van der Waals surface area (Å²) in [7, 11) is 8.03. The van der Waals surface area contributed by atoms with Gasteiger partial charge < -0.3 is 14.7 Å². The third-order valence-corrected chi connectivity index (χ3v) is 2.32. The lowest BCUT2D eigenvalue weighted by atomic mass is 10.3. The van der Waals surface area contributed by atoms with Crippen LogP contribution in [0.15, 0.2) is 0 Å². The van der Waals surface area contributed by atoms with Crippen LogP contribution in [0.2, 0.25) is 0 Å². The first-order valence-corrected chi connectivity index (χ1v) is 5.54. The number of nitrogens with zero attached hydrogens (tertiary/aromatic N) is 3. The van der Waals surface area contributed by atoms with Gasteiger partial charge in [0.25, 0.3) is 0 Å². The summed E-state index contributed by atoms with van der Waals surface area (Å²) < 4.78 is 0. The number of carbonyl (C=O) groups excluding carboxylic acids is 1. The van der Waals surface area contributed by atoms with Crippen molar-refractivity contribution in [2.24, 2.45) is 0 Å². The second-order valence-corrected chi connectivity index (χ2v) is 4.33. The normalized spacial score (nSPS) is 11.1. The lowest BCUT2D eigenvalue weighted by molar-refractivity contribution is -0.131. The van der Waals surface area contributed by atoms with Crippen molar-refractivity contribution >= 4 is 5.91 Å². The molecule has 0 aromatic carbocycles. The number of carbonyl (C=O) groups is 1. The molecule has 0 fully saturated rings. The van der Waals surface area contributed by atoms with Crippen molar-refractivity contribution in [3.8, 4) is 0 Å². The smallest absolute Gasteiger partial charge is 0.223 e. The highest BCUT2D eigenvalue weighted by Gasteiger charge is 2.11. The summed E-state index contributed by atoms with van der Waals surface area (Å²) in [5.41, 5.74) is 0. The maximum absolute atomic E-state index is 11.8. The molecule has 90 valence electrons. The predicted molar refractivity (Wildman–Crippen MR) is 64.0 cm³/mol. The van der Waals surface area contributed by atoms with Crippen molar-refractivity contribution in [3.63, 3.8) is 0 Å². The second-order valence-electron chi connectivity index (χ2n) is 4.33. The van der Waals surface area contributed by atoms with Crippen LogP contribution in [-0.4, -0.2) is 75.0 Å². The lowest BCUT2D eigenvalue weighted by Gasteiger charge is -2.23. The fourth-order valence-electron chi connectivity index (χ4n) is 1.26. The highest BCUT2D eigenvalue weighted by atomic mass is 16.2. The van der Waals surface area contributed by atoms with Gasteiger partial charge in [0, 0.05) is 32.6 Å². The molecule has 0 aliphatic heterocycles. The molecule has 0 unspecified atom stereocenters. The minimum absolute atomic E-state index is 0.257. The molecule has 0 rings (SSSR count). The van der Waals surface area contributed by atoms with Gasteiger partial charge in [0.1, 0.15) is 0 Å². The molecule has 4 nitrogen and oxygen atoms in total. The molecule has 0 saturated carbocycles. The molecule has 0 aliphatic carbocycles. The van der Waals surface area contributed by atoms with Crippen LogP contribution < -0.4 is 0 Å². The van der Waals surface area contributed by atoms with Crippen molar-refractivity contribution in [1.82, 2.24) is 14.7 Å². The first kappa shape index (κ1) is 14.4. The van der Waals surface area contributed by atoms with Crippen LogP contribution in [0.4, 0.5) is 0 Å². The van der Waals surface area contributed by atoms with Gasteiger partial charge in [0.2, 0.25) is 5.91 Å². The fourth-order valence-corrected chi connectivity index (χ4v) is 1.26. The van der Waals surface area contributed by atoms with Crippen LogP contribution in [0, 0.1) is 0 Å². The van der Waals surface area contributed by atoms with Crippen LogP contribution in [0.5, 0.6) is 0 Å². The molecule has 1 amide bonds. The average molecular weight is 215 g/mol. The third kappa shape index (κ3) is 7.33. The average Bonchev–Trinajstić information content (AvgIpc) is 2.15. The number of hydrogen-bond acceptors (Lipinski definition) is 3. The third-order valence-electron chi connectivity index (χ3n) is 2.32. The molecule has 0 spiro atoms. The first-order valence-electron chi connectivity index (χ1n) is 5.54. The van der Waals surface area contributed by atoms with Crippen molar-refractivity contribution in [2.75, 3.05) is 54.4 Å². The van der Waals surface area contributed by atoms with E-state index >= 15 is 0 Å². The maximum atomic E-state index is 11.8. The SMILES string of the molecule is CCN(CCN(C)C)C(=O)CCN(C)C. The molecule has 0 heterocycles. The van der Waals surface area contributed by atoms with Gasteiger partial charge in [0.15, 0.2) is 0 Å². The van der Waals surface area contributed by atoms with Crippen LogP contribution in [0.3, 0.4) is 0 Å². The Kier molecular flexibility index (Phi) is 7.34. The minimum atomic E-state index is 0.257. The largest absolute Gasteiger partial charge is 0.342 e. The highest BCUT2D eigenvalue weighted by Crippen LogP contribution is 1.95. The van der Waals surface area contributed by atoms with E-state index in [-0.39, 0.29) is 5.91 Å². The highest BCUT2D eigenvalue weighted by molar-refractivity contribution is 5.76. The molecule has 0 aromatic heterocycles. The Bertz CT molecular complexity index is 181. The zero-order valence-electron chi connectivity index (χ0n) is 10.8. The molecular weight excluding hydrogens is 190 g/mol. The van der Waals surface area contributed by atoms with E-state index < -0.39 is 0 Å². The number of rotatable bonds is 7. The van der Waals surface area contributed by atoms with E-state index in [9.17, 15) is 4.79 Å². The van der Waals surface area contributed by atoms with E-state index in [2.05, 4.69) is 4.90 Å². The Morgan fingerprint density at radius 1 is 0.933 bits per heavy atom. The maximum Gasteiger partial charge on any atom is 0.223 e. The van der Waals surface area contributed by atoms with Crippen LogP contribution >= 0.6 is 0 Å². The quantitative estimate of drug-likeness (QED) is 0.613. The second kappa shape index (κ2) is 7.65. The van der Waals surface area contributed by atoms with Gasteiger partial charge in [-0.1, -0.05) is 0 Å². The summed E-state index contributed by atoms with van der Waals surface area (Å²) in [6.07, 6.45) is 0.619. The van der Waals surface area contributed by atoms with Crippen LogP contribution in [0.25, 0.3) is 0 Å². The Morgan fingerprint density at radius 3 is 1.87 bits per heavy atom. The summed E-state index contributed by atoms with van der Waals surface area (Å²) in [5, 5.41) is 0. The fraction of sp³-hybridized carbons (Fsp3) is 0.909. The Morgan fingerprint density at radius 2 is 1.47 bits per heavy atom. The van der Waals surface area contributed by atoms with Gasteiger partial charge in [-0.3, -0.25) is 4.79 Å². The molecule has 0 saturated heterocycles. The van der Waals surface area contributed by atoms with Gasteiger partial charge in [-0.2, -0.15) is 0 Å². The van der Waals surface area contributed by atoms with Gasteiger partial charge in [0.05, 0.1) is 0 Å². The molecule has 15 heavy (non-hydrogen) atoms. The molecule has 0 radical (unpaired) electrons. The van der Waals surface area contributed by atoms with E-state index in [4.69, 9.17) is 0 Å². The van der Waals surface area contributed by atoms with Gasteiger partial charge in [-0.15, -0.1) is 0 Å². The van der Waals surface area contributed by atoms with Crippen LogP contribution in [0.1, 0.15) is 13.3 Å². The summed E-state index contributed by atoms with van der Waals surface area (Å²) in [5.74, 6) is 0.257. The van der Waals surface area contributed by atoms with E-state index in [1.54, 1.807) is 0 Å². The molecule has 4 heteroatoms. The number of amides is 1. The zero-order chi connectivity index (χ0) is 11.8. The standard InChI is InChI=1S/C11H25N3O/c1-6-14(10-9-13(4)5)11(15)7-8-12(2)3/h6-10H2,1-5H3. The van der Waals surface area contributed by atoms with Crippen LogP contribution in [-0.2, 0) is 4.79 Å². The minimum Gasteiger partial charge on any atom is -0.342 e. The topological polar surface area (TPSA) is 26.8 Å². The van der Waals surface area contributed by atoms with E-state index in [0.29, 0.717) is 6.42 Å². The molecule has 0 bridgehead atoms. The van der Waals surface area contributed by atoms with Gasteiger partial charge >= 0.3 is 0 Å². The predicted octanol–water partition coefficient (Wildman–Crippen LogP) is 0.348. The zero-order valence-corrected chi connectivity index (χ0v) is 10.8. The summed E-state index contributed by atoms with van der Waals surface area (Å²) in [4.78, 5) is 17.8.